The van der Waals surface area contributed by atoms with Crippen molar-refractivity contribution in [2.75, 3.05) is 26.4 Å². The van der Waals surface area contributed by atoms with E-state index in [4.69, 9.17) is 14.2 Å². The van der Waals surface area contributed by atoms with Crippen LogP contribution in [0.25, 0.3) is 0 Å². The molecule has 148 valence electrons. The summed E-state index contributed by atoms with van der Waals surface area (Å²) in [6.45, 7) is 7.38. The molecule has 0 amide bonds. The van der Waals surface area contributed by atoms with Crippen LogP contribution >= 0.6 is 0 Å². The highest BCUT2D eigenvalue weighted by molar-refractivity contribution is 5.34. The first-order valence-corrected chi connectivity index (χ1v) is 10.3. The van der Waals surface area contributed by atoms with Gasteiger partial charge in [-0.25, -0.2) is 0 Å². The van der Waals surface area contributed by atoms with E-state index in [0.717, 1.165) is 76.5 Å². The molecule has 0 atom stereocenters. The van der Waals surface area contributed by atoms with E-state index in [1.807, 2.05) is 12.1 Å². The highest BCUT2D eigenvalue weighted by Gasteiger charge is 2.04. The van der Waals surface area contributed by atoms with Crippen molar-refractivity contribution < 1.29 is 14.2 Å². The quantitative estimate of drug-likeness (QED) is 0.391. The third kappa shape index (κ3) is 8.04. The first kappa shape index (κ1) is 21.3. The Bertz CT molecular complexity index is 584. The van der Waals surface area contributed by atoms with Gasteiger partial charge in [0.25, 0.3) is 0 Å². The SMILES string of the molecule is CCCOc1ccccc1CCCOCCCc1ccccc1OCCC. The van der Waals surface area contributed by atoms with E-state index >= 15 is 0 Å². The summed E-state index contributed by atoms with van der Waals surface area (Å²) in [6.07, 6.45) is 6.08. The van der Waals surface area contributed by atoms with Gasteiger partial charge in [0, 0.05) is 13.2 Å². The lowest BCUT2D eigenvalue weighted by Gasteiger charge is -2.12. The minimum atomic E-state index is 0.775. The summed E-state index contributed by atoms with van der Waals surface area (Å²) >= 11 is 0. The van der Waals surface area contributed by atoms with E-state index in [2.05, 4.69) is 50.2 Å². The van der Waals surface area contributed by atoms with Crippen LogP contribution in [0, 0.1) is 0 Å². The molecule has 0 fully saturated rings. The number of rotatable bonds is 14. The smallest absolute Gasteiger partial charge is 0.122 e. The summed E-state index contributed by atoms with van der Waals surface area (Å²) in [5.41, 5.74) is 2.55. The van der Waals surface area contributed by atoms with Gasteiger partial charge in [0.2, 0.25) is 0 Å². The lowest BCUT2D eigenvalue weighted by molar-refractivity contribution is 0.129. The van der Waals surface area contributed by atoms with Gasteiger partial charge in [0.1, 0.15) is 11.5 Å². The van der Waals surface area contributed by atoms with E-state index in [-0.39, 0.29) is 0 Å². The van der Waals surface area contributed by atoms with Crippen molar-refractivity contribution in [2.45, 2.75) is 52.4 Å². The molecule has 3 heteroatoms. The minimum Gasteiger partial charge on any atom is -0.493 e. The van der Waals surface area contributed by atoms with Gasteiger partial charge in [-0.1, -0.05) is 50.2 Å². The van der Waals surface area contributed by atoms with Crippen molar-refractivity contribution in [2.24, 2.45) is 0 Å². The van der Waals surface area contributed by atoms with Crippen LogP contribution in [-0.4, -0.2) is 26.4 Å². The van der Waals surface area contributed by atoms with Crippen molar-refractivity contribution in [3.05, 3.63) is 59.7 Å². The fourth-order valence-electron chi connectivity index (χ4n) is 2.96. The summed E-state index contributed by atoms with van der Waals surface area (Å²) < 4.78 is 17.5. The standard InChI is InChI=1S/C24H34O3/c1-3-17-26-23-15-7-5-11-21(23)13-9-19-25-20-10-14-22-12-6-8-16-24(22)27-18-4-2/h5-8,11-12,15-16H,3-4,9-10,13-14,17-20H2,1-2H3. The summed E-state index contributed by atoms with van der Waals surface area (Å²) in [5.74, 6) is 2.03. The number of benzene rings is 2. The van der Waals surface area contributed by atoms with Gasteiger partial charge in [-0.05, 0) is 61.8 Å². The maximum Gasteiger partial charge on any atom is 0.122 e. The van der Waals surface area contributed by atoms with Gasteiger partial charge in [0.05, 0.1) is 13.2 Å². The van der Waals surface area contributed by atoms with Crippen LogP contribution in [0.4, 0.5) is 0 Å². The molecule has 0 aliphatic carbocycles. The van der Waals surface area contributed by atoms with Gasteiger partial charge in [-0.2, -0.15) is 0 Å². The molecule has 0 unspecified atom stereocenters. The molecule has 0 radical (unpaired) electrons. The summed E-state index contributed by atoms with van der Waals surface area (Å²) in [7, 11) is 0. The molecule has 0 bridgehead atoms. The molecule has 0 aromatic heterocycles. The van der Waals surface area contributed by atoms with Crippen LogP contribution in [0.2, 0.25) is 0 Å². The minimum absolute atomic E-state index is 0.775. The zero-order chi connectivity index (χ0) is 19.2. The van der Waals surface area contributed by atoms with Gasteiger partial charge in [0.15, 0.2) is 0 Å². The maximum absolute atomic E-state index is 5.84. The molecule has 3 nitrogen and oxygen atoms in total. The molecule has 0 N–H and O–H groups in total. The molecule has 2 aromatic carbocycles. The Morgan fingerprint density at radius 3 is 1.48 bits per heavy atom. The van der Waals surface area contributed by atoms with Gasteiger partial charge < -0.3 is 14.2 Å². The Balaban J connectivity index is 1.63. The molecule has 0 saturated heterocycles. The summed E-state index contributed by atoms with van der Waals surface area (Å²) in [6, 6.07) is 16.6. The van der Waals surface area contributed by atoms with Crippen LogP contribution in [0.15, 0.2) is 48.5 Å². The lowest BCUT2D eigenvalue weighted by Crippen LogP contribution is -2.03. The van der Waals surface area contributed by atoms with Crippen LogP contribution in [0.1, 0.15) is 50.7 Å². The van der Waals surface area contributed by atoms with E-state index in [9.17, 15) is 0 Å². The van der Waals surface area contributed by atoms with Crippen LogP contribution < -0.4 is 9.47 Å². The second kappa shape index (κ2) is 13.2. The van der Waals surface area contributed by atoms with E-state index in [1.165, 1.54) is 11.1 Å². The highest BCUT2D eigenvalue weighted by Crippen LogP contribution is 2.21. The molecule has 0 spiro atoms. The third-order valence-corrected chi connectivity index (χ3v) is 4.34. The van der Waals surface area contributed by atoms with E-state index in [1.54, 1.807) is 0 Å². The topological polar surface area (TPSA) is 27.7 Å². The zero-order valence-electron chi connectivity index (χ0n) is 16.9. The normalized spacial score (nSPS) is 10.7. The number of ether oxygens (including phenoxy) is 3. The molecule has 0 heterocycles. The average Bonchev–Trinajstić information content (AvgIpc) is 2.71. The predicted molar refractivity (Wildman–Crippen MR) is 112 cm³/mol. The predicted octanol–water partition coefficient (Wildman–Crippen LogP) is 5.85. The van der Waals surface area contributed by atoms with Crippen molar-refractivity contribution in [1.29, 1.82) is 0 Å². The number of para-hydroxylation sites is 2. The molecule has 27 heavy (non-hydrogen) atoms. The Hall–Kier alpha value is -2.00. The number of hydrogen-bond donors (Lipinski definition) is 0. The Labute approximate surface area is 164 Å². The molecule has 2 aromatic rings. The Morgan fingerprint density at radius 2 is 1.04 bits per heavy atom. The Kier molecular flexibility index (Phi) is 10.4. The molecule has 2 rings (SSSR count). The van der Waals surface area contributed by atoms with Gasteiger partial charge in [-0.3, -0.25) is 0 Å². The number of aryl methyl sites for hydroxylation is 2. The molecule has 0 aliphatic rings. The number of hydrogen-bond acceptors (Lipinski definition) is 3. The largest absolute Gasteiger partial charge is 0.493 e. The molecular weight excluding hydrogens is 336 g/mol. The fourth-order valence-corrected chi connectivity index (χ4v) is 2.96. The average molecular weight is 371 g/mol. The first-order chi connectivity index (χ1) is 13.3. The first-order valence-electron chi connectivity index (χ1n) is 10.3. The Morgan fingerprint density at radius 1 is 0.593 bits per heavy atom. The molecular formula is C24H34O3. The van der Waals surface area contributed by atoms with Crippen molar-refractivity contribution in [3.8, 4) is 11.5 Å². The monoisotopic (exact) mass is 370 g/mol. The third-order valence-electron chi connectivity index (χ3n) is 4.34. The van der Waals surface area contributed by atoms with Crippen LogP contribution in [0.3, 0.4) is 0 Å². The fraction of sp³-hybridized carbons (Fsp3) is 0.500. The highest BCUT2D eigenvalue weighted by atomic mass is 16.5. The van der Waals surface area contributed by atoms with Crippen molar-refractivity contribution in [1.82, 2.24) is 0 Å². The second-order valence-electron chi connectivity index (χ2n) is 6.73. The summed E-state index contributed by atoms with van der Waals surface area (Å²) in [4.78, 5) is 0. The van der Waals surface area contributed by atoms with E-state index < -0.39 is 0 Å². The second-order valence-corrected chi connectivity index (χ2v) is 6.73. The van der Waals surface area contributed by atoms with Crippen LogP contribution in [0.5, 0.6) is 11.5 Å². The molecule has 0 aliphatic heterocycles. The van der Waals surface area contributed by atoms with Crippen LogP contribution in [-0.2, 0) is 17.6 Å². The molecule has 0 saturated carbocycles. The van der Waals surface area contributed by atoms with E-state index in [0.29, 0.717) is 0 Å². The maximum atomic E-state index is 5.84. The van der Waals surface area contributed by atoms with Crippen molar-refractivity contribution >= 4 is 0 Å². The van der Waals surface area contributed by atoms with Gasteiger partial charge in [-0.15, -0.1) is 0 Å². The zero-order valence-corrected chi connectivity index (χ0v) is 16.9. The lowest BCUT2D eigenvalue weighted by atomic mass is 10.1. The van der Waals surface area contributed by atoms with Crippen molar-refractivity contribution in [3.63, 3.8) is 0 Å². The van der Waals surface area contributed by atoms with Gasteiger partial charge >= 0.3 is 0 Å². The summed E-state index contributed by atoms with van der Waals surface area (Å²) in [5, 5.41) is 0.